The maximum atomic E-state index is 12.6. The maximum absolute atomic E-state index is 12.6. The predicted octanol–water partition coefficient (Wildman–Crippen LogP) is 1.73. The number of carbonyl (C=O) groups is 2. The molecule has 162 valence electrons. The molecule has 3 rings (SSSR count). The normalized spacial score (nSPS) is 17.1. The number of benzene rings is 1. The first-order valence-corrected chi connectivity index (χ1v) is 10.1. The molecule has 1 aliphatic rings. The summed E-state index contributed by atoms with van der Waals surface area (Å²) in [6, 6.07) is 9.39. The van der Waals surface area contributed by atoms with Crippen molar-refractivity contribution in [3.05, 3.63) is 53.6 Å². The molecular formula is C22H30N4O4. The highest BCUT2D eigenvalue weighted by atomic mass is 16.5. The molecule has 2 atom stereocenters. The largest absolute Gasteiger partial charge is 0.469 e. The molecule has 0 saturated carbocycles. The number of nitrogens with one attached hydrogen (secondary N) is 1. The second-order valence-electron chi connectivity index (χ2n) is 8.22. The minimum atomic E-state index is -1.02. The SMILES string of the molecule is COC(=O)C1CCn2c(cnc2[C@@H](COCc2ccccc2)NC(=O)C(C)(C)N)C1. The number of nitrogens with zero attached hydrogens (tertiary/aromatic N) is 2. The summed E-state index contributed by atoms with van der Waals surface area (Å²) in [6.07, 6.45) is 2.99. The van der Waals surface area contributed by atoms with Gasteiger partial charge in [0.05, 0.1) is 31.8 Å². The van der Waals surface area contributed by atoms with E-state index >= 15 is 0 Å². The molecule has 3 N–H and O–H groups in total. The van der Waals surface area contributed by atoms with E-state index in [0.29, 0.717) is 31.8 Å². The minimum absolute atomic E-state index is 0.169. The zero-order valence-corrected chi connectivity index (χ0v) is 17.8. The summed E-state index contributed by atoms with van der Waals surface area (Å²) in [7, 11) is 1.41. The van der Waals surface area contributed by atoms with Crippen molar-refractivity contribution in [2.75, 3.05) is 13.7 Å². The van der Waals surface area contributed by atoms with Gasteiger partial charge in [-0.15, -0.1) is 0 Å². The highest BCUT2D eigenvalue weighted by Crippen LogP contribution is 2.26. The van der Waals surface area contributed by atoms with Gasteiger partial charge in [0.15, 0.2) is 0 Å². The quantitative estimate of drug-likeness (QED) is 0.637. The lowest BCUT2D eigenvalue weighted by Crippen LogP contribution is -2.51. The fourth-order valence-electron chi connectivity index (χ4n) is 3.53. The summed E-state index contributed by atoms with van der Waals surface area (Å²) in [5.41, 5.74) is 6.94. The van der Waals surface area contributed by atoms with Gasteiger partial charge in [0, 0.05) is 24.9 Å². The molecule has 0 bridgehead atoms. The lowest BCUT2D eigenvalue weighted by molar-refractivity contribution is -0.146. The molecule has 0 aliphatic carbocycles. The van der Waals surface area contributed by atoms with Crippen LogP contribution in [0.2, 0.25) is 0 Å². The molecule has 2 heterocycles. The van der Waals surface area contributed by atoms with Crippen molar-refractivity contribution in [3.63, 3.8) is 0 Å². The average Bonchev–Trinajstić information content (AvgIpc) is 3.15. The Balaban J connectivity index is 1.76. The fourth-order valence-corrected chi connectivity index (χ4v) is 3.53. The number of imidazole rings is 1. The Morgan fingerprint density at radius 3 is 2.73 bits per heavy atom. The molecule has 8 heteroatoms. The first kappa shape index (κ1) is 22.0. The van der Waals surface area contributed by atoms with Crippen molar-refractivity contribution < 1.29 is 19.1 Å². The van der Waals surface area contributed by atoms with Crippen LogP contribution in [0.3, 0.4) is 0 Å². The number of hydrogen-bond donors (Lipinski definition) is 2. The van der Waals surface area contributed by atoms with Crippen molar-refractivity contribution in [2.24, 2.45) is 11.7 Å². The lowest BCUT2D eigenvalue weighted by Gasteiger charge is -2.27. The van der Waals surface area contributed by atoms with Crippen molar-refractivity contribution in [3.8, 4) is 0 Å². The van der Waals surface area contributed by atoms with Gasteiger partial charge in [0.2, 0.25) is 5.91 Å². The van der Waals surface area contributed by atoms with Gasteiger partial charge in [-0.3, -0.25) is 9.59 Å². The Morgan fingerprint density at radius 2 is 2.07 bits per heavy atom. The van der Waals surface area contributed by atoms with E-state index in [9.17, 15) is 9.59 Å². The molecular weight excluding hydrogens is 384 g/mol. The van der Waals surface area contributed by atoms with Gasteiger partial charge in [0.25, 0.3) is 0 Å². The van der Waals surface area contributed by atoms with Crippen LogP contribution < -0.4 is 11.1 Å². The summed E-state index contributed by atoms with van der Waals surface area (Å²) in [4.78, 5) is 29.0. The summed E-state index contributed by atoms with van der Waals surface area (Å²) in [5.74, 6) is 0.0534. The predicted molar refractivity (Wildman–Crippen MR) is 111 cm³/mol. The molecule has 0 spiro atoms. The Bertz CT molecular complexity index is 873. The monoisotopic (exact) mass is 414 g/mol. The molecule has 1 aliphatic heterocycles. The van der Waals surface area contributed by atoms with Gasteiger partial charge in [-0.25, -0.2) is 4.98 Å². The van der Waals surface area contributed by atoms with E-state index in [2.05, 4.69) is 14.9 Å². The van der Waals surface area contributed by atoms with E-state index < -0.39 is 11.6 Å². The van der Waals surface area contributed by atoms with E-state index in [1.54, 1.807) is 20.0 Å². The van der Waals surface area contributed by atoms with Crippen LogP contribution in [0.5, 0.6) is 0 Å². The van der Waals surface area contributed by atoms with E-state index in [1.807, 2.05) is 30.3 Å². The molecule has 2 aromatic rings. The third-order valence-corrected chi connectivity index (χ3v) is 5.26. The van der Waals surface area contributed by atoms with E-state index in [0.717, 1.165) is 11.3 Å². The van der Waals surface area contributed by atoms with Crippen molar-refractivity contribution in [1.29, 1.82) is 0 Å². The number of methoxy groups -OCH3 is 1. The van der Waals surface area contributed by atoms with E-state index in [1.165, 1.54) is 7.11 Å². The molecule has 1 aromatic heterocycles. The van der Waals surface area contributed by atoms with Crippen LogP contribution in [0.25, 0.3) is 0 Å². The van der Waals surface area contributed by atoms with Crippen LogP contribution >= 0.6 is 0 Å². The van der Waals surface area contributed by atoms with Crippen molar-refractivity contribution in [2.45, 2.75) is 51.4 Å². The molecule has 1 amide bonds. The smallest absolute Gasteiger partial charge is 0.309 e. The molecule has 1 aromatic carbocycles. The highest BCUT2D eigenvalue weighted by molar-refractivity contribution is 5.85. The second kappa shape index (κ2) is 9.40. The van der Waals surface area contributed by atoms with Crippen LogP contribution in [0.4, 0.5) is 0 Å². The summed E-state index contributed by atoms with van der Waals surface area (Å²) >= 11 is 0. The number of nitrogens with two attached hydrogens (primary N) is 1. The third kappa shape index (κ3) is 5.25. The first-order chi connectivity index (χ1) is 14.3. The highest BCUT2D eigenvalue weighted by Gasteiger charge is 2.32. The number of hydrogen-bond acceptors (Lipinski definition) is 6. The van der Waals surface area contributed by atoms with Crippen molar-refractivity contribution in [1.82, 2.24) is 14.9 Å². The number of amides is 1. The van der Waals surface area contributed by atoms with Gasteiger partial charge >= 0.3 is 5.97 Å². The van der Waals surface area contributed by atoms with E-state index in [-0.39, 0.29) is 24.4 Å². The maximum Gasteiger partial charge on any atom is 0.309 e. The zero-order valence-electron chi connectivity index (χ0n) is 17.8. The number of carbonyl (C=O) groups excluding carboxylic acids is 2. The van der Waals surface area contributed by atoms with Crippen LogP contribution in [-0.2, 0) is 38.6 Å². The van der Waals surface area contributed by atoms with Crippen LogP contribution in [0.1, 0.15) is 43.4 Å². The zero-order chi connectivity index (χ0) is 21.7. The van der Waals surface area contributed by atoms with Crippen LogP contribution in [-0.4, -0.2) is 40.7 Å². The molecule has 1 unspecified atom stereocenters. The number of rotatable bonds is 8. The Hall–Kier alpha value is -2.71. The molecule has 0 fully saturated rings. The number of aromatic nitrogens is 2. The lowest BCUT2D eigenvalue weighted by atomic mass is 9.96. The van der Waals surface area contributed by atoms with Gasteiger partial charge < -0.3 is 25.1 Å². The average molecular weight is 415 g/mol. The van der Waals surface area contributed by atoms with E-state index in [4.69, 9.17) is 15.2 Å². The number of esters is 1. The standard InChI is InChI=1S/C22H30N4O4/c1-22(2,23)21(28)25-18(14-30-13-15-7-5-4-6-8-15)19-24-12-17-11-16(20(27)29-3)9-10-26(17)19/h4-8,12,16,18H,9-11,13-14,23H2,1-3H3,(H,25,28)/t16?,18-/m1/s1. The Labute approximate surface area is 176 Å². The second-order valence-corrected chi connectivity index (χ2v) is 8.22. The topological polar surface area (TPSA) is 108 Å². The Kier molecular flexibility index (Phi) is 6.89. The van der Waals surface area contributed by atoms with Crippen LogP contribution in [0.15, 0.2) is 36.5 Å². The number of ether oxygens (including phenoxy) is 2. The summed E-state index contributed by atoms with van der Waals surface area (Å²) in [6.45, 7) is 4.63. The van der Waals surface area contributed by atoms with Gasteiger partial charge in [-0.05, 0) is 25.8 Å². The van der Waals surface area contributed by atoms with Crippen LogP contribution in [0, 0.1) is 5.92 Å². The van der Waals surface area contributed by atoms with Gasteiger partial charge in [0.1, 0.15) is 11.9 Å². The molecule has 0 radical (unpaired) electrons. The Morgan fingerprint density at radius 1 is 1.33 bits per heavy atom. The minimum Gasteiger partial charge on any atom is -0.469 e. The molecule has 0 saturated heterocycles. The third-order valence-electron chi connectivity index (χ3n) is 5.26. The fraction of sp³-hybridized carbons (Fsp3) is 0.500. The van der Waals surface area contributed by atoms with Crippen molar-refractivity contribution >= 4 is 11.9 Å². The molecule has 8 nitrogen and oxygen atoms in total. The summed E-state index contributed by atoms with van der Waals surface area (Å²) < 4.78 is 12.8. The van der Waals surface area contributed by atoms with Gasteiger partial charge in [-0.2, -0.15) is 0 Å². The van der Waals surface area contributed by atoms with Gasteiger partial charge in [-0.1, -0.05) is 30.3 Å². The summed E-state index contributed by atoms with van der Waals surface area (Å²) in [5, 5.41) is 2.98. The first-order valence-electron chi connectivity index (χ1n) is 10.1. The number of fused-ring (bicyclic) bond motifs is 1. The molecule has 30 heavy (non-hydrogen) atoms.